The first kappa shape index (κ1) is 9.49. The van der Waals surface area contributed by atoms with Crippen molar-refractivity contribution in [2.75, 3.05) is 6.61 Å². The molecule has 0 radical (unpaired) electrons. The van der Waals surface area contributed by atoms with Crippen molar-refractivity contribution in [1.82, 2.24) is 0 Å². The summed E-state index contributed by atoms with van der Waals surface area (Å²) in [6.45, 7) is 0.736. The molecular formula is C12H14ClNO. The minimum atomic E-state index is 0.0171. The van der Waals surface area contributed by atoms with Crippen molar-refractivity contribution in [2.45, 2.75) is 30.7 Å². The van der Waals surface area contributed by atoms with E-state index in [9.17, 15) is 0 Å². The molecule has 0 amide bonds. The highest BCUT2D eigenvalue weighted by atomic mass is 35.5. The molecule has 0 spiro atoms. The normalized spacial score (nSPS) is 26.7. The van der Waals surface area contributed by atoms with Crippen LogP contribution in [0.25, 0.3) is 0 Å². The summed E-state index contributed by atoms with van der Waals surface area (Å²) < 4.78 is 5.62. The van der Waals surface area contributed by atoms with Crippen LogP contribution in [0, 0.1) is 0 Å². The number of para-hydroxylation sites is 1. The van der Waals surface area contributed by atoms with Gasteiger partial charge in [0, 0.05) is 17.0 Å². The molecule has 1 atom stereocenters. The van der Waals surface area contributed by atoms with Crippen LogP contribution in [0.2, 0.25) is 5.02 Å². The third-order valence-corrected chi connectivity index (χ3v) is 3.84. The Morgan fingerprint density at radius 2 is 2.20 bits per heavy atom. The fourth-order valence-corrected chi connectivity index (χ4v) is 2.71. The van der Waals surface area contributed by atoms with Crippen LogP contribution in [0.1, 0.15) is 30.7 Å². The summed E-state index contributed by atoms with van der Waals surface area (Å²) >= 11 is 6.11. The number of fused-ring (bicyclic) bond motifs is 1. The predicted molar refractivity (Wildman–Crippen MR) is 60.5 cm³/mol. The average molecular weight is 224 g/mol. The predicted octanol–water partition coefficient (Wildman–Crippen LogP) is 2.70. The molecule has 0 saturated heterocycles. The minimum Gasteiger partial charge on any atom is -0.492 e. The van der Waals surface area contributed by atoms with Gasteiger partial charge in [0.25, 0.3) is 0 Å². The molecule has 15 heavy (non-hydrogen) atoms. The van der Waals surface area contributed by atoms with Crippen molar-refractivity contribution in [3.8, 4) is 5.75 Å². The van der Waals surface area contributed by atoms with E-state index in [-0.39, 0.29) is 5.54 Å². The van der Waals surface area contributed by atoms with Crippen LogP contribution in [-0.2, 0) is 0 Å². The van der Waals surface area contributed by atoms with E-state index in [1.165, 1.54) is 5.56 Å². The van der Waals surface area contributed by atoms with Gasteiger partial charge in [0.15, 0.2) is 0 Å². The van der Waals surface area contributed by atoms with Crippen LogP contribution in [0.4, 0.5) is 0 Å². The topological polar surface area (TPSA) is 35.2 Å². The third-order valence-electron chi connectivity index (χ3n) is 3.55. The minimum absolute atomic E-state index is 0.0171. The zero-order valence-electron chi connectivity index (χ0n) is 8.50. The van der Waals surface area contributed by atoms with Crippen molar-refractivity contribution in [1.29, 1.82) is 0 Å². The summed E-state index contributed by atoms with van der Waals surface area (Å²) in [6, 6.07) is 5.95. The molecule has 2 nitrogen and oxygen atoms in total. The van der Waals surface area contributed by atoms with Crippen LogP contribution in [0.3, 0.4) is 0 Å². The lowest BCUT2D eigenvalue weighted by atomic mass is 9.85. The number of hydrogen-bond donors (Lipinski definition) is 1. The van der Waals surface area contributed by atoms with E-state index in [2.05, 4.69) is 6.07 Å². The highest BCUT2D eigenvalue weighted by molar-refractivity contribution is 6.32. The Labute approximate surface area is 94.4 Å². The van der Waals surface area contributed by atoms with Gasteiger partial charge in [0.1, 0.15) is 5.75 Å². The number of hydrogen-bond acceptors (Lipinski definition) is 2. The lowest BCUT2D eigenvalue weighted by molar-refractivity contribution is 0.251. The number of rotatable bonds is 1. The van der Waals surface area contributed by atoms with Crippen molar-refractivity contribution < 1.29 is 4.74 Å². The second-order valence-corrected chi connectivity index (χ2v) is 4.99. The Kier molecular flexibility index (Phi) is 1.98. The second-order valence-electron chi connectivity index (χ2n) is 4.58. The molecule has 1 aromatic rings. The van der Waals surface area contributed by atoms with Gasteiger partial charge in [-0.25, -0.2) is 0 Å². The zero-order valence-corrected chi connectivity index (χ0v) is 9.26. The fraction of sp³-hybridized carbons (Fsp3) is 0.500. The van der Waals surface area contributed by atoms with E-state index in [1.807, 2.05) is 12.1 Å². The molecule has 1 aliphatic carbocycles. The quantitative estimate of drug-likeness (QED) is 0.795. The summed E-state index contributed by atoms with van der Waals surface area (Å²) in [4.78, 5) is 0. The number of nitrogens with two attached hydrogens (primary N) is 1. The first-order valence-electron chi connectivity index (χ1n) is 5.41. The van der Waals surface area contributed by atoms with Gasteiger partial charge in [-0.15, -0.1) is 0 Å². The molecule has 1 saturated carbocycles. The molecule has 3 rings (SSSR count). The Balaban J connectivity index is 2.07. The maximum absolute atomic E-state index is 6.29. The summed E-state index contributed by atoms with van der Waals surface area (Å²) in [7, 11) is 0. The molecular weight excluding hydrogens is 210 g/mol. The van der Waals surface area contributed by atoms with Gasteiger partial charge in [-0.2, -0.15) is 0 Å². The van der Waals surface area contributed by atoms with Crippen molar-refractivity contribution in [3.05, 3.63) is 28.8 Å². The number of benzene rings is 1. The molecule has 1 fully saturated rings. The van der Waals surface area contributed by atoms with E-state index in [0.29, 0.717) is 10.9 Å². The zero-order chi connectivity index (χ0) is 10.5. The van der Waals surface area contributed by atoms with Crippen LogP contribution in [-0.4, -0.2) is 12.1 Å². The van der Waals surface area contributed by atoms with Crippen molar-refractivity contribution >= 4 is 11.6 Å². The van der Waals surface area contributed by atoms with Gasteiger partial charge in [0.2, 0.25) is 0 Å². The van der Waals surface area contributed by atoms with Crippen LogP contribution in [0.15, 0.2) is 18.2 Å². The highest BCUT2D eigenvalue weighted by Gasteiger charge is 2.48. The Hall–Kier alpha value is -0.730. The monoisotopic (exact) mass is 223 g/mol. The number of ether oxygens (including phenoxy) is 1. The highest BCUT2D eigenvalue weighted by Crippen LogP contribution is 2.51. The van der Waals surface area contributed by atoms with Gasteiger partial charge >= 0.3 is 0 Å². The van der Waals surface area contributed by atoms with E-state index in [1.54, 1.807) is 0 Å². The first-order valence-corrected chi connectivity index (χ1v) is 5.79. The Morgan fingerprint density at radius 1 is 1.40 bits per heavy atom. The fourth-order valence-electron chi connectivity index (χ4n) is 2.48. The Morgan fingerprint density at radius 3 is 2.93 bits per heavy atom. The van der Waals surface area contributed by atoms with Gasteiger partial charge in [-0.3, -0.25) is 0 Å². The molecule has 3 heteroatoms. The van der Waals surface area contributed by atoms with Crippen LogP contribution in [0.5, 0.6) is 5.75 Å². The maximum Gasteiger partial charge on any atom is 0.141 e. The largest absolute Gasteiger partial charge is 0.492 e. The van der Waals surface area contributed by atoms with E-state index in [4.69, 9.17) is 22.1 Å². The smallest absolute Gasteiger partial charge is 0.141 e. The van der Waals surface area contributed by atoms with Crippen molar-refractivity contribution in [3.63, 3.8) is 0 Å². The van der Waals surface area contributed by atoms with Gasteiger partial charge in [-0.1, -0.05) is 23.7 Å². The first-order chi connectivity index (χ1) is 7.21. The molecule has 1 unspecified atom stereocenters. The molecule has 0 bridgehead atoms. The Bertz CT molecular complexity index is 401. The lowest BCUT2D eigenvalue weighted by Gasteiger charge is -2.30. The maximum atomic E-state index is 6.29. The lowest BCUT2D eigenvalue weighted by Crippen LogP contribution is -2.34. The average Bonchev–Trinajstić information content (AvgIpc) is 2.98. The van der Waals surface area contributed by atoms with Gasteiger partial charge in [0.05, 0.1) is 11.6 Å². The number of halogens is 1. The van der Waals surface area contributed by atoms with E-state index in [0.717, 1.165) is 31.6 Å². The van der Waals surface area contributed by atoms with Crippen LogP contribution >= 0.6 is 11.6 Å². The standard InChI is InChI=1S/C12H14ClNO/c13-10-3-1-2-8-9(12(14)5-6-12)4-7-15-11(8)10/h1-3,9H,4-7,14H2. The summed E-state index contributed by atoms with van der Waals surface area (Å²) in [5.74, 6) is 1.28. The molecule has 1 aromatic carbocycles. The molecule has 1 heterocycles. The third kappa shape index (κ3) is 1.44. The van der Waals surface area contributed by atoms with Gasteiger partial charge < -0.3 is 10.5 Å². The molecule has 2 aliphatic rings. The van der Waals surface area contributed by atoms with E-state index >= 15 is 0 Å². The second kappa shape index (κ2) is 3.13. The summed E-state index contributed by atoms with van der Waals surface area (Å²) in [6.07, 6.45) is 3.27. The van der Waals surface area contributed by atoms with E-state index < -0.39 is 0 Å². The molecule has 80 valence electrons. The van der Waals surface area contributed by atoms with Crippen molar-refractivity contribution in [2.24, 2.45) is 5.73 Å². The van der Waals surface area contributed by atoms with Gasteiger partial charge in [-0.05, 0) is 25.3 Å². The SMILES string of the molecule is NC1(C2CCOc3c(Cl)cccc32)CC1. The summed E-state index contributed by atoms with van der Waals surface area (Å²) in [5.41, 5.74) is 7.51. The summed E-state index contributed by atoms with van der Waals surface area (Å²) in [5, 5.41) is 0.710. The molecule has 2 N–H and O–H groups in total. The molecule has 0 aromatic heterocycles. The van der Waals surface area contributed by atoms with Crippen LogP contribution < -0.4 is 10.5 Å². The molecule has 1 aliphatic heterocycles.